The molecule has 4 atom stereocenters. The molecule has 0 aliphatic carbocycles. The summed E-state index contributed by atoms with van der Waals surface area (Å²) in [4.78, 5) is 16.6. The second-order valence-electron chi connectivity index (χ2n) is 3.08. The van der Waals surface area contributed by atoms with Gasteiger partial charge in [0.05, 0.1) is 13.2 Å². The maximum absolute atomic E-state index is 10.2. The molecule has 0 aromatic rings. The summed E-state index contributed by atoms with van der Waals surface area (Å²) in [5.41, 5.74) is 0. The van der Waals surface area contributed by atoms with Crippen LogP contribution in [0.15, 0.2) is 0 Å². The minimum absolute atomic E-state index is 0.843. The van der Waals surface area contributed by atoms with E-state index in [0.29, 0.717) is 0 Å². The molecule has 0 heterocycles. The molecule has 7 N–H and O–H groups in total. The molecule has 0 amide bonds. The van der Waals surface area contributed by atoms with Crippen LogP contribution in [0, 0.1) is 0 Å². The van der Waals surface area contributed by atoms with E-state index in [2.05, 4.69) is 4.52 Å². The van der Waals surface area contributed by atoms with Crippen molar-refractivity contribution in [2.45, 2.75) is 24.4 Å². The molecule has 0 radical (unpaired) electrons. The average Bonchev–Trinajstić information content (AvgIpc) is 2.21. The third-order valence-electron chi connectivity index (χ3n) is 1.74. The Labute approximate surface area is 90.8 Å². The molecule has 0 aromatic heterocycles. The predicted octanol–water partition coefficient (Wildman–Crippen LogP) is -3.47. The van der Waals surface area contributed by atoms with Gasteiger partial charge >= 0.3 is 7.82 Å². The molecule has 0 aliphatic heterocycles. The topological polar surface area (TPSA) is 168 Å². The molecule has 9 nitrogen and oxygen atoms in total. The summed E-state index contributed by atoms with van der Waals surface area (Å²) in [5, 5.41) is 44.8. The number of aliphatic hydroxyl groups excluding tert-OH is 5. The number of phosphoric acid groups is 1. The lowest BCUT2D eigenvalue weighted by Gasteiger charge is -2.25. The van der Waals surface area contributed by atoms with Gasteiger partial charge in [-0.25, -0.2) is 4.57 Å². The zero-order valence-electron chi connectivity index (χ0n) is 8.12. The van der Waals surface area contributed by atoms with Gasteiger partial charge in [0.1, 0.15) is 24.4 Å². The predicted molar refractivity (Wildman–Crippen MR) is 49.1 cm³/mol. The number of aliphatic hydroxyl groups is 5. The number of rotatable bonds is 7. The van der Waals surface area contributed by atoms with Crippen molar-refractivity contribution in [1.82, 2.24) is 0 Å². The summed E-state index contributed by atoms with van der Waals surface area (Å²) in [6.45, 7) is -1.77. The van der Waals surface area contributed by atoms with E-state index in [1.807, 2.05) is 0 Å². The van der Waals surface area contributed by atoms with Crippen LogP contribution in [0.1, 0.15) is 0 Å². The van der Waals surface area contributed by atoms with Gasteiger partial charge in [-0.15, -0.1) is 0 Å². The fourth-order valence-electron chi connectivity index (χ4n) is 0.835. The lowest BCUT2D eigenvalue weighted by Crippen LogP contribution is -2.47. The smallest absolute Gasteiger partial charge is 0.394 e. The average molecular weight is 262 g/mol. The third kappa shape index (κ3) is 5.85. The number of hydrogen-bond acceptors (Lipinski definition) is 7. The first kappa shape index (κ1) is 15.9. The van der Waals surface area contributed by atoms with E-state index < -0.39 is 45.5 Å². The Balaban J connectivity index is 4.17. The maximum atomic E-state index is 10.2. The molecular weight excluding hydrogens is 247 g/mol. The van der Waals surface area contributed by atoms with Gasteiger partial charge in [-0.2, -0.15) is 0 Å². The molecule has 0 saturated heterocycles. The summed E-state index contributed by atoms with van der Waals surface area (Å²) in [6.07, 6.45) is -7.27. The standard InChI is InChI=1S/C6H15O9P/c7-1-3(8)5(10)6(11)4(9)2-15-16(12,13)14/h3-11H,1-2H2,(H2,12,13,14)/t3-,4-,5+,6+/m1/s1. The summed E-state index contributed by atoms with van der Waals surface area (Å²) in [7, 11) is -4.78. The van der Waals surface area contributed by atoms with E-state index in [1.54, 1.807) is 0 Å². The van der Waals surface area contributed by atoms with Crippen LogP contribution in [0.3, 0.4) is 0 Å². The van der Waals surface area contributed by atoms with Crippen molar-refractivity contribution in [2.24, 2.45) is 0 Å². The highest BCUT2D eigenvalue weighted by molar-refractivity contribution is 7.46. The van der Waals surface area contributed by atoms with Gasteiger partial charge in [0.25, 0.3) is 0 Å². The molecule has 0 aliphatic rings. The van der Waals surface area contributed by atoms with E-state index in [9.17, 15) is 9.67 Å². The molecule has 0 spiro atoms. The van der Waals surface area contributed by atoms with Crippen molar-refractivity contribution < 1.29 is 44.4 Å². The monoisotopic (exact) mass is 262 g/mol. The zero-order valence-corrected chi connectivity index (χ0v) is 9.01. The molecule has 16 heavy (non-hydrogen) atoms. The molecule has 0 aromatic carbocycles. The highest BCUT2D eigenvalue weighted by atomic mass is 31.2. The fraction of sp³-hybridized carbons (Fsp3) is 1.00. The normalized spacial score (nSPS) is 20.2. The first-order chi connectivity index (χ1) is 7.19. The van der Waals surface area contributed by atoms with Crippen molar-refractivity contribution in [1.29, 1.82) is 0 Å². The molecular formula is C6H15O9P. The lowest BCUT2D eigenvalue weighted by molar-refractivity contribution is -0.122. The number of phosphoric ester groups is 1. The van der Waals surface area contributed by atoms with Crippen molar-refractivity contribution >= 4 is 7.82 Å². The zero-order chi connectivity index (χ0) is 12.9. The lowest BCUT2D eigenvalue weighted by atomic mass is 10.0. The SMILES string of the molecule is O=P(O)(O)OC[C@@H](O)[C@H](O)[C@@H](O)[C@H](O)CO. The summed E-state index contributed by atoms with van der Waals surface area (Å²) in [5.74, 6) is 0. The van der Waals surface area contributed by atoms with Crippen molar-refractivity contribution in [2.75, 3.05) is 13.2 Å². The van der Waals surface area contributed by atoms with Crippen molar-refractivity contribution in [3.8, 4) is 0 Å². The van der Waals surface area contributed by atoms with Crippen molar-refractivity contribution in [3.63, 3.8) is 0 Å². The molecule has 0 bridgehead atoms. The van der Waals surface area contributed by atoms with E-state index in [0.717, 1.165) is 0 Å². The summed E-state index contributed by atoms with van der Waals surface area (Å²) in [6, 6.07) is 0. The maximum Gasteiger partial charge on any atom is 0.469 e. The van der Waals surface area contributed by atoms with Gasteiger partial charge in [-0.3, -0.25) is 4.52 Å². The molecule has 10 heteroatoms. The second-order valence-corrected chi connectivity index (χ2v) is 4.32. The van der Waals surface area contributed by atoms with Crippen LogP contribution >= 0.6 is 7.82 Å². The first-order valence-corrected chi connectivity index (χ1v) is 5.75. The Bertz CT molecular complexity index is 240. The fourth-order valence-corrected chi connectivity index (χ4v) is 1.18. The van der Waals surface area contributed by atoms with Crippen LogP contribution in [-0.2, 0) is 9.09 Å². The minimum atomic E-state index is -4.78. The largest absolute Gasteiger partial charge is 0.469 e. The van der Waals surface area contributed by atoms with E-state index >= 15 is 0 Å². The Kier molecular flexibility index (Phi) is 6.56. The van der Waals surface area contributed by atoms with Crippen LogP contribution in [0.2, 0.25) is 0 Å². The Hall–Kier alpha value is -0.0900. The van der Waals surface area contributed by atoms with Gasteiger partial charge in [0.15, 0.2) is 0 Å². The molecule has 98 valence electrons. The summed E-state index contributed by atoms with van der Waals surface area (Å²) < 4.78 is 14.1. The van der Waals surface area contributed by atoms with Crippen LogP contribution in [0.5, 0.6) is 0 Å². The highest BCUT2D eigenvalue weighted by Crippen LogP contribution is 2.35. The van der Waals surface area contributed by atoms with Crippen LogP contribution in [-0.4, -0.2) is 72.9 Å². The first-order valence-electron chi connectivity index (χ1n) is 4.22. The minimum Gasteiger partial charge on any atom is -0.394 e. The van der Waals surface area contributed by atoms with Gasteiger partial charge in [0, 0.05) is 0 Å². The van der Waals surface area contributed by atoms with Crippen molar-refractivity contribution in [3.05, 3.63) is 0 Å². The third-order valence-corrected chi connectivity index (χ3v) is 2.22. The van der Waals surface area contributed by atoms with Gasteiger partial charge in [-0.1, -0.05) is 0 Å². The molecule has 0 fully saturated rings. The van der Waals surface area contributed by atoms with E-state index in [1.165, 1.54) is 0 Å². The van der Waals surface area contributed by atoms with E-state index in [-0.39, 0.29) is 0 Å². The molecule has 0 rings (SSSR count). The Morgan fingerprint density at radius 3 is 1.81 bits per heavy atom. The molecule has 0 unspecified atom stereocenters. The summed E-state index contributed by atoms with van der Waals surface area (Å²) >= 11 is 0. The Morgan fingerprint density at radius 1 is 1.00 bits per heavy atom. The number of hydrogen-bond donors (Lipinski definition) is 7. The van der Waals surface area contributed by atoms with E-state index in [4.69, 9.17) is 30.2 Å². The van der Waals surface area contributed by atoms with Crippen LogP contribution < -0.4 is 0 Å². The van der Waals surface area contributed by atoms with Gasteiger partial charge in [0.2, 0.25) is 0 Å². The van der Waals surface area contributed by atoms with Gasteiger partial charge in [-0.05, 0) is 0 Å². The van der Waals surface area contributed by atoms with Gasteiger partial charge < -0.3 is 35.3 Å². The van der Waals surface area contributed by atoms with Crippen LogP contribution in [0.25, 0.3) is 0 Å². The molecule has 0 saturated carbocycles. The Morgan fingerprint density at radius 2 is 1.44 bits per heavy atom. The highest BCUT2D eigenvalue weighted by Gasteiger charge is 2.31. The van der Waals surface area contributed by atoms with Crippen LogP contribution in [0.4, 0.5) is 0 Å². The second kappa shape index (κ2) is 6.60. The quantitative estimate of drug-likeness (QED) is 0.230.